The van der Waals surface area contributed by atoms with E-state index in [0.717, 1.165) is 5.56 Å². The summed E-state index contributed by atoms with van der Waals surface area (Å²) < 4.78 is 19.9. The van der Waals surface area contributed by atoms with E-state index in [4.69, 9.17) is 16.3 Å². The van der Waals surface area contributed by atoms with Crippen molar-refractivity contribution in [3.05, 3.63) is 82.4 Å². The number of rotatable bonds is 6. The highest BCUT2D eigenvalue weighted by molar-refractivity contribution is 6.33. The molecule has 7 nitrogen and oxygen atoms in total. The predicted molar refractivity (Wildman–Crippen MR) is 110 cm³/mol. The van der Waals surface area contributed by atoms with Crippen LogP contribution in [0.1, 0.15) is 28.5 Å². The van der Waals surface area contributed by atoms with Crippen LogP contribution in [-0.4, -0.2) is 27.7 Å². The molecule has 3 aromatic rings. The Morgan fingerprint density at radius 3 is 2.47 bits per heavy atom. The van der Waals surface area contributed by atoms with Crippen LogP contribution in [0.25, 0.3) is 0 Å². The number of nitrogens with one attached hydrogen (secondary N) is 2. The first-order chi connectivity index (χ1) is 14.3. The van der Waals surface area contributed by atoms with E-state index in [9.17, 15) is 14.0 Å². The molecule has 9 heteroatoms. The van der Waals surface area contributed by atoms with Gasteiger partial charge in [-0.2, -0.15) is 5.10 Å². The van der Waals surface area contributed by atoms with E-state index < -0.39 is 23.7 Å². The molecule has 0 aliphatic rings. The Hall–Kier alpha value is -3.39. The van der Waals surface area contributed by atoms with Crippen LogP contribution < -0.4 is 15.6 Å². The Labute approximate surface area is 177 Å². The fourth-order valence-electron chi connectivity index (χ4n) is 2.73. The first-order valence-corrected chi connectivity index (χ1v) is 9.52. The Bertz CT molecular complexity index is 1040. The SMILES string of the molecule is Cc1nn(Cc2ccccc2)c(Cl)c1C(=O)NNC(=O)C(C)Oc1ccc(F)cc1. The fourth-order valence-corrected chi connectivity index (χ4v) is 3.05. The van der Waals surface area contributed by atoms with Crippen molar-refractivity contribution in [1.29, 1.82) is 0 Å². The molecule has 0 spiro atoms. The van der Waals surface area contributed by atoms with Crippen LogP contribution in [-0.2, 0) is 11.3 Å². The van der Waals surface area contributed by atoms with Crippen LogP contribution in [0.3, 0.4) is 0 Å². The second-order valence-corrected chi connectivity index (χ2v) is 6.91. The van der Waals surface area contributed by atoms with Gasteiger partial charge in [0.1, 0.15) is 22.3 Å². The molecule has 0 aliphatic carbocycles. The summed E-state index contributed by atoms with van der Waals surface area (Å²) in [7, 11) is 0. The van der Waals surface area contributed by atoms with E-state index in [1.807, 2.05) is 30.3 Å². The highest BCUT2D eigenvalue weighted by Crippen LogP contribution is 2.20. The van der Waals surface area contributed by atoms with Gasteiger partial charge in [0.05, 0.1) is 12.2 Å². The summed E-state index contributed by atoms with van der Waals surface area (Å²) in [5, 5.41) is 4.47. The van der Waals surface area contributed by atoms with E-state index in [-0.39, 0.29) is 10.7 Å². The monoisotopic (exact) mass is 430 g/mol. The summed E-state index contributed by atoms with van der Waals surface area (Å²) in [6.45, 7) is 3.56. The quantitative estimate of drug-likeness (QED) is 0.588. The van der Waals surface area contributed by atoms with E-state index >= 15 is 0 Å². The molecule has 0 bridgehead atoms. The van der Waals surface area contributed by atoms with Gasteiger partial charge in [-0.15, -0.1) is 0 Å². The number of halogens is 2. The van der Waals surface area contributed by atoms with Crippen LogP contribution >= 0.6 is 11.6 Å². The van der Waals surface area contributed by atoms with Crippen molar-refractivity contribution in [2.45, 2.75) is 26.5 Å². The molecule has 0 saturated heterocycles. The molecule has 1 aromatic heterocycles. The van der Waals surface area contributed by atoms with Gasteiger partial charge in [-0.25, -0.2) is 9.07 Å². The van der Waals surface area contributed by atoms with Gasteiger partial charge in [0.2, 0.25) is 0 Å². The molecular formula is C21H20ClFN4O3. The Morgan fingerprint density at radius 1 is 1.13 bits per heavy atom. The largest absolute Gasteiger partial charge is 0.481 e. The van der Waals surface area contributed by atoms with E-state index in [1.54, 1.807) is 6.92 Å². The molecule has 1 heterocycles. The maximum absolute atomic E-state index is 12.9. The Morgan fingerprint density at radius 2 is 1.80 bits per heavy atom. The van der Waals surface area contributed by atoms with Gasteiger partial charge in [-0.1, -0.05) is 41.9 Å². The number of carbonyl (C=O) groups is 2. The van der Waals surface area contributed by atoms with Gasteiger partial charge < -0.3 is 4.74 Å². The van der Waals surface area contributed by atoms with Gasteiger partial charge in [-0.3, -0.25) is 20.4 Å². The molecule has 0 saturated carbocycles. The van der Waals surface area contributed by atoms with Crippen LogP contribution in [0.5, 0.6) is 5.75 Å². The van der Waals surface area contributed by atoms with Crippen molar-refractivity contribution in [2.24, 2.45) is 0 Å². The zero-order valence-electron chi connectivity index (χ0n) is 16.4. The van der Waals surface area contributed by atoms with Crippen LogP contribution in [0.2, 0.25) is 5.15 Å². The molecule has 2 aromatic carbocycles. The fraction of sp³-hybridized carbons (Fsp3) is 0.190. The minimum absolute atomic E-state index is 0.165. The highest BCUT2D eigenvalue weighted by atomic mass is 35.5. The molecule has 2 amide bonds. The predicted octanol–water partition coefficient (Wildman–Crippen LogP) is 3.26. The lowest BCUT2D eigenvalue weighted by Crippen LogP contribution is -2.47. The number of hydrazine groups is 1. The lowest BCUT2D eigenvalue weighted by Gasteiger charge is -2.15. The molecule has 1 unspecified atom stereocenters. The molecule has 30 heavy (non-hydrogen) atoms. The van der Waals surface area contributed by atoms with Gasteiger partial charge in [-0.05, 0) is 43.7 Å². The number of carbonyl (C=O) groups excluding carboxylic acids is 2. The minimum atomic E-state index is -0.923. The summed E-state index contributed by atoms with van der Waals surface area (Å²) in [6, 6.07) is 14.8. The standard InChI is InChI=1S/C21H20ClFN4O3/c1-13-18(19(22)27(26-13)12-15-6-4-3-5-7-15)21(29)25-24-20(28)14(2)30-17-10-8-16(23)9-11-17/h3-11,14H,12H2,1-2H3,(H,24,28)(H,25,29). The van der Waals surface area contributed by atoms with Crippen molar-refractivity contribution in [3.8, 4) is 5.75 Å². The first-order valence-electron chi connectivity index (χ1n) is 9.14. The minimum Gasteiger partial charge on any atom is -0.481 e. The van der Waals surface area contributed by atoms with Crippen molar-refractivity contribution >= 4 is 23.4 Å². The van der Waals surface area contributed by atoms with Crippen molar-refractivity contribution in [2.75, 3.05) is 0 Å². The van der Waals surface area contributed by atoms with E-state index in [2.05, 4.69) is 16.0 Å². The van der Waals surface area contributed by atoms with Gasteiger partial charge in [0.25, 0.3) is 11.8 Å². The number of aromatic nitrogens is 2. The lowest BCUT2D eigenvalue weighted by atomic mass is 10.2. The van der Waals surface area contributed by atoms with Crippen LogP contribution in [0.15, 0.2) is 54.6 Å². The number of aryl methyl sites for hydroxylation is 1. The first kappa shape index (κ1) is 21.3. The normalized spacial score (nSPS) is 11.6. The third-order valence-electron chi connectivity index (χ3n) is 4.26. The zero-order chi connectivity index (χ0) is 21.7. The smallest absolute Gasteiger partial charge is 0.279 e. The summed E-state index contributed by atoms with van der Waals surface area (Å²) in [4.78, 5) is 24.7. The van der Waals surface area contributed by atoms with Crippen molar-refractivity contribution in [1.82, 2.24) is 20.6 Å². The van der Waals surface area contributed by atoms with Gasteiger partial charge in [0, 0.05) is 0 Å². The third-order valence-corrected chi connectivity index (χ3v) is 4.65. The summed E-state index contributed by atoms with van der Waals surface area (Å²) in [6.07, 6.45) is -0.923. The van der Waals surface area contributed by atoms with Gasteiger partial charge >= 0.3 is 0 Å². The molecule has 3 rings (SSSR count). The van der Waals surface area contributed by atoms with Crippen LogP contribution in [0, 0.1) is 12.7 Å². The average molecular weight is 431 g/mol. The molecular weight excluding hydrogens is 411 g/mol. The highest BCUT2D eigenvalue weighted by Gasteiger charge is 2.22. The van der Waals surface area contributed by atoms with E-state index in [1.165, 1.54) is 35.9 Å². The molecule has 0 radical (unpaired) electrons. The summed E-state index contributed by atoms with van der Waals surface area (Å²) in [5.74, 6) is -1.27. The van der Waals surface area contributed by atoms with Crippen molar-refractivity contribution < 1.29 is 18.7 Å². The molecule has 1 atom stereocenters. The lowest BCUT2D eigenvalue weighted by molar-refractivity contribution is -0.128. The Balaban J connectivity index is 1.60. The summed E-state index contributed by atoms with van der Waals surface area (Å²) >= 11 is 6.34. The molecule has 0 aliphatic heterocycles. The second kappa shape index (κ2) is 9.41. The Kier molecular flexibility index (Phi) is 6.68. The number of hydrogen-bond donors (Lipinski definition) is 2. The van der Waals surface area contributed by atoms with Crippen molar-refractivity contribution in [3.63, 3.8) is 0 Å². The number of nitrogens with zero attached hydrogens (tertiary/aromatic N) is 2. The van der Waals surface area contributed by atoms with Crippen LogP contribution in [0.4, 0.5) is 4.39 Å². The topological polar surface area (TPSA) is 85.3 Å². The number of benzene rings is 2. The molecule has 0 fully saturated rings. The number of hydrogen-bond acceptors (Lipinski definition) is 4. The van der Waals surface area contributed by atoms with E-state index in [0.29, 0.717) is 18.0 Å². The number of ether oxygens (including phenoxy) is 1. The number of amides is 2. The average Bonchev–Trinajstić information content (AvgIpc) is 3.01. The maximum atomic E-state index is 12.9. The molecule has 156 valence electrons. The second-order valence-electron chi connectivity index (χ2n) is 6.55. The molecule has 2 N–H and O–H groups in total. The zero-order valence-corrected chi connectivity index (χ0v) is 17.1. The third kappa shape index (κ3) is 5.15. The maximum Gasteiger partial charge on any atom is 0.279 e. The summed E-state index contributed by atoms with van der Waals surface area (Å²) in [5.41, 5.74) is 6.19. The van der Waals surface area contributed by atoms with Gasteiger partial charge in [0.15, 0.2) is 6.10 Å².